The maximum Gasteiger partial charge on any atom is 0.416 e. The molecule has 26 heavy (non-hydrogen) atoms. The molecule has 10 heteroatoms. The summed E-state index contributed by atoms with van der Waals surface area (Å²) in [7, 11) is 1.37. The summed E-state index contributed by atoms with van der Waals surface area (Å²) >= 11 is 0. The predicted molar refractivity (Wildman–Crippen MR) is 81.8 cm³/mol. The lowest BCUT2D eigenvalue weighted by Crippen LogP contribution is -2.17. The molecule has 0 aliphatic rings. The maximum atomic E-state index is 12.8. The number of benzene rings is 2. The van der Waals surface area contributed by atoms with E-state index in [0.717, 1.165) is 0 Å². The standard InChI is InChI=1S/C16H12F6N2O2/c1-26-11-2-3-13(12(23)7-11)24-14(25)8-4-9(15(17,18)19)6-10(5-8)16(20,21)22/h2-7H,23H2,1H3,(H,24,25). The number of carbonyl (C=O) groups excluding carboxylic acids is 1. The number of methoxy groups -OCH3 is 1. The van der Waals surface area contributed by atoms with Gasteiger partial charge in [0.05, 0.1) is 29.6 Å². The number of ether oxygens (including phenoxy) is 1. The van der Waals surface area contributed by atoms with Crippen LogP contribution in [0.5, 0.6) is 5.75 Å². The number of nitrogen functional groups attached to an aromatic ring is 1. The first-order valence-electron chi connectivity index (χ1n) is 6.96. The molecule has 0 atom stereocenters. The van der Waals surface area contributed by atoms with Crippen molar-refractivity contribution in [2.75, 3.05) is 18.2 Å². The van der Waals surface area contributed by atoms with Crippen LogP contribution < -0.4 is 15.8 Å². The summed E-state index contributed by atoms with van der Waals surface area (Å²) in [5.74, 6) is -0.808. The summed E-state index contributed by atoms with van der Waals surface area (Å²) in [6.45, 7) is 0. The van der Waals surface area contributed by atoms with Crippen molar-refractivity contribution in [3.05, 3.63) is 53.1 Å². The molecule has 0 radical (unpaired) electrons. The lowest BCUT2D eigenvalue weighted by molar-refractivity contribution is -0.143. The fraction of sp³-hybridized carbons (Fsp3) is 0.188. The van der Waals surface area contributed by atoms with Gasteiger partial charge in [-0.2, -0.15) is 26.3 Å². The van der Waals surface area contributed by atoms with Gasteiger partial charge >= 0.3 is 12.4 Å². The second-order valence-electron chi connectivity index (χ2n) is 5.20. The van der Waals surface area contributed by atoms with E-state index in [9.17, 15) is 31.1 Å². The van der Waals surface area contributed by atoms with Gasteiger partial charge in [0.2, 0.25) is 0 Å². The van der Waals surface area contributed by atoms with Gasteiger partial charge in [0.15, 0.2) is 0 Å². The number of nitrogens with two attached hydrogens (primary N) is 1. The molecule has 2 rings (SSSR count). The zero-order valence-electron chi connectivity index (χ0n) is 13.1. The Kier molecular flexibility index (Phi) is 5.06. The third-order valence-electron chi connectivity index (χ3n) is 3.36. The Bertz CT molecular complexity index is 798. The number of carbonyl (C=O) groups is 1. The molecular weight excluding hydrogens is 366 g/mol. The van der Waals surface area contributed by atoms with Crippen LogP contribution in [0, 0.1) is 0 Å². The Labute approximate surface area is 143 Å². The molecule has 0 saturated carbocycles. The Morgan fingerprint density at radius 3 is 1.92 bits per heavy atom. The van der Waals surface area contributed by atoms with Crippen LogP contribution in [-0.2, 0) is 12.4 Å². The minimum absolute atomic E-state index is 0.0155. The quantitative estimate of drug-likeness (QED) is 0.608. The van der Waals surface area contributed by atoms with E-state index in [2.05, 4.69) is 5.32 Å². The van der Waals surface area contributed by atoms with Crippen molar-refractivity contribution in [1.82, 2.24) is 0 Å². The van der Waals surface area contributed by atoms with Crippen molar-refractivity contribution in [1.29, 1.82) is 0 Å². The molecule has 1 amide bonds. The number of anilines is 2. The first-order chi connectivity index (χ1) is 11.9. The van der Waals surface area contributed by atoms with E-state index in [1.807, 2.05) is 0 Å². The molecule has 0 spiro atoms. The molecule has 0 saturated heterocycles. The van der Waals surface area contributed by atoms with Crippen LogP contribution >= 0.6 is 0 Å². The molecular formula is C16H12F6N2O2. The van der Waals surface area contributed by atoms with Gasteiger partial charge in [-0.05, 0) is 30.3 Å². The highest BCUT2D eigenvalue weighted by atomic mass is 19.4. The first-order valence-corrected chi connectivity index (χ1v) is 6.96. The van der Waals surface area contributed by atoms with E-state index in [1.54, 1.807) is 0 Å². The van der Waals surface area contributed by atoms with E-state index < -0.39 is 35.0 Å². The van der Waals surface area contributed by atoms with Crippen molar-refractivity contribution in [3.8, 4) is 5.75 Å². The van der Waals surface area contributed by atoms with Crippen LogP contribution in [0.1, 0.15) is 21.5 Å². The maximum absolute atomic E-state index is 12.8. The predicted octanol–water partition coefficient (Wildman–Crippen LogP) is 4.57. The number of hydrogen-bond acceptors (Lipinski definition) is 3. The number of rotatable bonds is 3. The highest BCUT2D eigenvalue weighted by molar-refractivity contribution is 6.06. The molecule has 0 aliphatic carbocycles. The minimum atomic E-state index is -5.05. The summed E-state index contributed by atoms with van der Waals surface area (Å²) in [6.07, 6.45) is -10.1. The average molecular weight is 378 g/mol. The van der Waals surface area contributed by atoms with Gasteiger partial charge in [-0.1, -0.05) is 0 Å². The number of alkyl halides is 6. The summed E-state index contributed by atoms with van der Waals surface area (Å²) < 4.78 is 81.9. The molecule has 140 valence electrons. The molecule has 3 N–H and O–H groups in total. The number of nitrogens with one attached hydrogen (secondary N) is 1. The van der Waals surface area contributed by atoms with Crippen LogP contribution in [0.3, 0.4) is 0 Å². The van der Waals surface area contributed by atoms with Gasteiger partial charge < -0.3 is 15.8 Å². The van der Waals surface area contributed by atoms with Crippen LogP contribution in [0.2, 0.25) is 0 Å². The molecule has 2 aromatic carbocycles. The Balaban J connectivity index is 2.42. The minimum Gasteiger partial charge on any atom is -0.497 e. The second kappa shape index (κ2) is 6.77. The fourth-order valence-electron chi connectivity index (χ4n) is 2.06. The van der Waals surface area contributed by atoms with Crippen LogP contribution in [-0.4, -0.2) is 13.0 Å². The third-order valence-corrected chi connectivity index (χ3v) is 3.36. The lowest BCUT2D eigenvalue weighted by Gasteiger charge is -2.15. The first kappa shape index (κ1) is 19.4. The monoisotopic (exact) mass is 378 g/mol. The average Bonchev–Trinajstić information content (AvgIpc) is 2.54. The van der Waals surface area contributed by atoms with E-state index in [4.69, 9.17) is 10.5 Å². The molecule has 0 heterocycles. The largest absolute Gasteiger partial charge is 0.497 e. The SMILES string of the molecule is COc1ccc(NC(=O)c2cc(C(F)(F)F)cc(C(F)(F)F)c2)c(N)c1. The van der Waals surface area contributed by atoms with E-state index >= 15 is 0 Å². The highest BCUT2D eigenvalue weighted by Crippen LogP contribution is 2.36. The zero-order valence-corrected chi connectivity index (χ0v) is 13.1. The molecule has 0 bridgehead atoms. The summed E-state index contributed by atoms with van der Waals surface area (Å²) in [4.78, 5) is 12.1. The van der Waals surface area contributed by atoms with Gasteiger partial charge in [0.1, 0.15) is 5.75 Å². The third kappa shape index (κ3) is 4.38. The Morgan fingerprint density at radius 2 is 1.50 bits per heavy atom. The van der Waals surface area contributed by atoms with E-state index in [0.29, 0.717) is 17.9 Å². The van der Waals surface area contributed by atoms with Crippen LogP contribution in [0.25, 0.3) is 0 Å². The van der Waals surface area contributed by atoms with Gasteiger partial charge in [-0.3, -0.25) is 4.79 Å². The van der Waals surface area contributed by atoms with Gasteiger partial charge in [-0.15, -0.1) is 0 Å². The van der Waals surface area contributed by atoms with Gasteiger partial charge in [-0.25, -0.2) is 0 Å². The number of hydrogen-bond donors (Lipinski definition) is 2. The molecule has 2 aromatic rings. The molecule has 0 unspecified atom stereocenters. The number of amides is 1. The smallest absolute Gasteiger partial charge is 0.416 e. The molecule has 0 aliphatic heterocycles. The van der Waals surface area contributed by atoms with Crippen molar-refractivity contribution in [3.63, 3.8) is 0 Å². The van der Waals surface area contributed by atoms with E-state index in [-0.39, 0.29) is 17.4 Å². The van der Waals surface area contributed by atoms with Crippen molar-refractivity contribution < 1.29 is 35.9 Å². The van der Waals surface area contributed by atoms with E-state index in [1.165, 1.54) is 25.3 Å². The summed E-state index contributed by atoms with van der Waals surface area (Å²) in [6, 6.07) is 4.68. The highest BCUT2D eigenvalue weighted by Gasteiger charge is 2.37. The van der Waals surface area contributed by atoms with Gasteiger partial charge in [0.25, 0.3) is 5.91 Å². The molecule has 0 fully saturated rings. The Morgan fingerprint density at radius 1 is 0.962 bits per heavy atom. The molecule has 4 nitrogen and oxygen atoms in total. The van der Waals surface area contributed by atoms with Crippen molar-refractivity contribution >= 4 is 17.3 Å². The summed E-state index contributed by atoms with van der Waals surface area (Å²) in [5.41, 5.74) is 1.74. The molecule has 0 aromatic heterocycles. The zero-order chi connectivity index (χ0) is 19.7. The van der Waals surface area contributed by atoms with Crippen LogP contribution in [0.15, 0.2) is 36.4 Å². The van der Waals surface area contributed by atoms with Crippen molar-refractivity contribution in [2.45, 2.75) is 12.4 Å². The van der Waals surface area contributed by atoms with Crippen molar-refractivity contribution in [2.24, 2.45) is 0 Å². The lowest BCUT2D eigenvalue weighted by atomic mass is 10.0. The number of halogens is 6. The normalized spacial score (nSPS) is 12.0. The topological polar surface area (TPSA) is 64.3 Å². The fourth-order valence-corrected chi connectivity index (χ4v) is 2.06. The van der Waals surface area contributed by atoms with Crippen LogP contribution in [0.4, 0.5) is 37.7 Å². The summed E-state index contributed by atoms with van der Waals surface area (Å²) in [5, 5.41) is 2.18. The Hall–Kier alpha value is -2.91. The second-order valence-corrected chi connectivity index (χ2v) is 5.20. The van der Waals surface area contributed by atoms with Gasteiger partial charge in [0, 0.05) is 11.6 Å².